The van der Waals surface area contributed by atoms with Gasteiger partial charge in [-0.15, -0.1) is 0 Å². The molecule has 1 heterocycles. The lowest BCUT2D eigenvalue weighted by Gasteiger charge is -2.27. The minimum Gasteiger partial charge on any atom is -0.478 e. The number of carbonyl (C=O) groups is 1. The Labute approximate surface area is 130 Å². The van der Waals surface area contributed by atoms with Gasteiger partial charge in [-0.25, -0.2) is 4.79 Å². The maximum absolute atomic E-state index is 11.3. The number of nitrogens with zero attached hydrogens (tertiary/aromatic N) is 1. The molecule has 114 valence electrons. The summed E-state index contributed by atoms with van der Waals surface area (Å²) in [4.78, 5) is 13.6. The zero-order chi connectivity index (χ0) is 15.4. The second kappa shape index (κ2) is 6.73. The largest absolute Gasteiger partial charge is 0.478 e. The van der Waals surface area contributed by atoms with Crippen LogP contribution in [0.1, 0.15) is 15.9 Å². The Hall–Kier alpha value is -2.17. The van der Waals surface area contributed by atoms with E-state index in [1.807, 2.05) is 24.3 Å². The first-order chi connectivity index (χ1) is 10.7. The molecule has 1 N–H and O–H groups in total. The summed E-state index contributed by atoms with van der Waals surface area (Å²) in [7, 11) is 0. The lowest BCUT2D eigenvalue weighted by atomic mass is 9.97. The van der Waals surface area contributed by atoms with Gasteiger partial charge in [0.15, 0.2) is 0 Å². The van der Waals surface area contributed by atoms with Crippen LogP contribution in [0.3, 0.4) is 0 Å². The van der Waals surface area contributed by atoms with Crippen LogP contribution >= 0.6 is 0 Å². The Morgan fingerprint density at radius 3 is 2.50 bits per heavy atom. The van der Waals surface area contributed by atoms with E-state index in [2.05, 4.69) is 17.0 Å². The second-order valence-corrected chi connectivity index (χ2v) is 5.43. The first-order valence-corrected chi connectivity index (χ1v) is 7.46. The van der Waals surface area contributed by atoms with Crippen molar-refractivity contribution in [3.63, 3.8) is 0 Å². The first-order valence-electron chi connectivity index (χ1n) is 7.46. The summed E-state index contributed by atoms with van der Waals surface area (Å²) in [6.45, 7) is 3.98. The van der Waals surface area contributed by atoms with E-state index in [1.54, 1.807) is 12.1 Å². The van der Waals surface area contributed by atoms with Gasteiger partial charge in [0.05, 0.1) is 18.8 Å². The zero-order valence-corrected chi connectivity index (χ0v) is 12.4. The van der Waals surface area contributed by atoms with Crippen molar-refractivity contribution in [1.29, 1.82) is 0 Å². The smallest absolute Gasteiger partial charge is 0.335 e. The molecule has 0 saturated carbocycles. The predicted molar refractivity (Wildman–Crippen MR) is 84.9 cm³/mol. The Bertz CT molecular complexity index is 649. The lowest BCUT2D eigenvalue weighted by Crippen LogP contribution is -2.35. The number of carboxylic acid groups (broad SMARTS) is 1. The molecule has 0 unspecified atom stereocenters. The van der Waals surface area contributed by atoms with E-state index in [1.165, 1.54) is 0 Å². The van der Waals surface area contributed by atoms with Gasteiger partial charge in [0, 0.05) is 19.6 Å². The summed E-state index contributed by atoms with van der Waals surface area (Å²) < 4.78 is 5.38. The fraction of sp³-hybridized carbons (Fsp3) is 0.278. The van der Waals surface area contributed by atoms with Crippen LogP contribution in [-0.4, -0.2) is 42.3 Å². The van der Waals surface area contributed by atoms with Gasteiger partial charge in [0.25, 0.3) is 0 Å². The van der Waals surface area contributed by atoms with Gasteiger partial charge >= 0.3 is 5.97 Å². The van der Waals surface area contributed by atoms with Crippen molar-refractivity contribution in [2.45, 2.75) is 6.54 Å². The molecule has 0 radical (unpaired) electrons. The van der Waals surface area contributed by atoms with E-state index in [0.29, 0.717) is 5.56 Å². The van der Waals surface area contributed by atoms with Gasteiger partial charge in [-0.1, -0.05) is 36.4 Å². The molecule has 2 aromatic carbocycles. The van der Waals surface area contributed by atoms with Crippen LogP contribution in [0.25, 0.3) is 11.1 Å². The average molecular weight is 297 g/mol. The van der Waals surface area contributed by atoms with Gasteiger partial charge < -0.3 is 9.84 Å². The molecule has 0 spiro atoms. The fourth-order valence-corrected chi connectivity index (χ4v) is 2.76. The summed E-state index contributed by atoms with van der Waals surface area (Å²) in [5, 5.41) is 9.24. The van der Waals surface area contributed by atoms with Crippen molar-refractivity contribution in [3.8, 4) is 11.1 Å². The topological polar surface area (TPSA) is 49.8 Å². The highest BCUT2D eigenvalue weighted by Crippen LogP contribution is 2.26. The average Bonchev–Trinajstić information content (AvgIpc) is 2.56. The monoisotopic (exact) mass is 297 g/mol. The minimum atomic E-state index is -0.886. The van der Waals surface area contributed by atoms with E-state index >= 15 is 0 Å². The third kappa shape index (κ3) is 3.35. The zero-order valence-electron chi connectivity index (χ0n) is 12.4. The van der Waals surface area contributed by atoms with Gasteiger partial charge in [0.1, 0.15) is 0 Å². The van der Waals surface area contributed by atoms with Crippen molar-refractivity contribution >= 4 is 5.97 Å². The molecule has 1 saturated heterocycles. The molecule has 2 aromatic rings. The van der Waals surface area contributed by atoms with Crippen molar-refractivity contribution in [3.05, 3.63) is 59.7 Å². The van der Waals surface area contributed by atoms with Crippen molar-refractivity contribution < 1.29 is 14.6 Å². The van der Waals surface area contributed by atoms with Crippen LogP contribution < -0.4 is 0 Å². The molecular weight excluding hydrogens is 278 g/mol. The SMILES string of the molecule is O=C(O)c1ccc(-c2ccccc2)c(CN2CCOCC2)c1. The molecule has 1 fully saturated rings. The minimum absolute atomic E-state index is 0.336. The third-order valence-corrected chi connectivity index (χ3v) is 3.93. The molecular formula is C18H19NO3. The highest BCUT2D eigenvalue weighted by atomic mass is 16.5. The molecule has 0 atom stereocenters. The van der Waals surface area contributed by atoms with E-state index in [9.17, 15) is 9.90 Å². The van der Waals surface area contributed by atoms with Crippen molar-refractivity contribution in [2.24, 2.45) is 0 Å². The molecule has 22 heavy (non-hydrogen) atoms. The number of benzene rings is 2. The number of carboxylic acids is 1. The summed E-state index contributed by atoms with van der Waals surface area (Å²) in [6.07, 6.45) is 0. The summed E-state index contributed by atoms with van der Waals surface area (Å²) >= 11 is 0. The summed E-state index contributed by atoms with van der Waals surface area (Å²) in [6, 6.07) is 15.5. The maximum atomic E-state index is 11.3. The molecule has 0 amide bonds. The number of aromatic carboxylic acids is 1. The van der Waals surface area contributed by atoms with E-state index in [-0.39, 0.29) is 0 Å². The van der Waals surface area contributed by atoms with E-state index < -0.39 is 5.97 Å². The number of hydrogen-bond acceptors (Lipinski definition) is 3. The highest BCUT2D eigenvalue weighted by molar-refractivity contribution is 5.89. The van der Waals surface area contributed by atoms with E-state index in [0.717, 1.165) is 49.5 Å². The molecule has 4 heteroatoms. The quantitative estimate of drug-likeness (QED) is 0.942. The van der Waals surface area contributed by atoms with Gasteiger partial charge in [-0.3, -0.25) is 4.90 Å². The Morgan fingerprint density at radius 1 is 1.09 bits per heavy atom. The Morgan fingerprint density at radius 2 is 1.82 bits per heavy atom. The van der Waals surface area contributed by atoms with Crippen LogP contribution in [0, 0.1) is 0 Å². The van der Waals surface area contributed by atoms with Crippen molar-refractivity contribution in [1.82, 2.24) is 4.90 Å². The third-order valence-electron chi connectivity index (χ3n) is 3.93. The molecule has 4 nitrogen and oxygen atoms in total. The van der Waals surface area contributed by atoms with Gasteiger partial charge in [-0.2, -0.15) is 0 Å². The highest BCUT2D eigenvalue weighted by Gasteiger charge is 2.15. The Kier molecular flexibility index (Phi) is 4.51. The first kappa shape index (κ1) is 14.8. The van der Waals surface area contributed by atoms with Crippen LogP contribution in [-0.2, 0) is 11.3 Å². The summed E-state index contributed by atoms with van der Waals surface area (Å²) in [5.41, 5.74) is 3.59. The summed E-state index contributed by atoms with van der Waals surface area (Å²) in [5.74, 6) is -0.886. The number of rotatable bonds is 4. The maximum Gasteiger partial charge on any atom is 0.335 e. The normalized spacial score (nSPS) is 15.6. The van der Waals surface area contributed by atoms with Gasteiger partial charge in [0.2, 0.25) is 0 Å². The van der Waals surface area contributed by atoms with Crippen LogP contribution in [0.15, 0.2) is 48.5 Å². The molecule has 1 aliphatic rings. The van der Waals surface area contributed by atoms with Crippen LogP contribution in [0.5, 0.6) is 0 Å². The van der Waals surface area contributed by atoms with Crippen molar-refractivity contribution in [2.75, 3.05) is 26.3 Å². The molecule has 1 aliphatic heterocycles. The van der Waals surface area contributed by atoms with E-state index in [4.69, 9.17) is 4.74 Å². The fourth-order valence-electron chi connectivity index (χ4n) is 2.76. The lowest BCUT2D eigenvalue weighted by molar-refractivity contribution is 0.0342. The molecule has 3 rings (SSSR count). The number of morpholine rings is 1. The van der Waals surface area contributed by atoms with Crippen LogP contribution in [0.4, 0.5) is 0 Å². The molecule has 0 aromatic heterocycles. The molecule has 0 bridgehead atoms. The Balaban J connectivity index is 1.95. The predicted octanol–water partition coefficient (Wildman–Crippen LogP) is 2.88. The standard InChI is InChI=1S/C18H19NO3/c20-18(21)15-6-7-17(14-4-2-1-3-5-14)16(12-15)13-19-8-10-22-11-9-19/h1-7,12H,8-11,13H2,(H,20,21). The number of ether oxygens (including phenoxy) is 1. The van der Waals surface area contributed by atoms with Gasteiger partial charge in [-0.05, 0) is 28.8 Å². The van der Waals surface area contributed by atoms with Crippen LogP contribution in [0.2, 0.25) is 0 Å². The second-order valence-electron chi connectivity index (χ2n) is 5.43. The number of hydrogen-bond donors (Lipinski definition) is 1. The molecule has 0 aliphatic carbocycles.